The minimum atomic E-state index is -4.02. The number of anilines is 1. The molecule has 0 aromatic heterocycles. The average molecular weight is 450 g/mol. The van der Waals surface area contributed by atoms with Gasteiger partial charge in [0.1, 0.15) is 17.2 Å². The van der Waals surface area contributed by atoms with Gasteiger partial charge in [-0.1, -0.05) is 23.2 Å². The Kier molecular flexibility index (Phi) is 7.22. The van der Waals surface area contributed by atoms with Gasteiger partial charge in [0.25, 0.3) is 10.0 Å². The molecule has 0 bridgehead atoms. The number of hydrogen-bond acceptors (Lipinski definition) is 7. The SMILES string of the molecule is COC(=O)COc1ccc(S(=O)(=O)Nc2cc(OC)c(Cl)cc2OC)cc1Cl. The van der Waals surface area contributed by atoms with Gasteiger partial charge in [-0.05, 0) is 18.2 Å². The molecule has 0 aliphatic carbocycles. The first kappa shape index (κ1) is 21.9. The number of methoxy groups -OCH3 is 3. The summed E-state index contributed by atoms with van der Waals surface area (Å²) in [5, 5.41) is 0.268. The van der Waals surface area contributed by atoms with E-state index in [0.717, 1.165) is 0 Å². The van der Waals surface area contributed by atoms with Gasteiger partial charge in [-0.25, -0.2) is 13.2 Å². The smallest absolute Gasteiger partial charge is 0.343 e. The van der Waals surface area contributed by atoms with E-state index >= 15 is 0 Å². The lowest BCUT2D eigenvalue weighted by atomic mass is 10.3. The first-order valence-electron chi connectivity index (χ1n) is 7.65. The largest absolute Gasteiger partial charge is 0.495 e. The van der Waals surface area contributed by atoms with Crippen LogP contribution in [-0.2, 0) is 19.6 Å². The molecular weight excluding hydrogens is 433 g/mol. The van der Waals surface area contributed by atoms with E-state index < -0.39 is 16.0 Å². The summed E-state index contributed by atoms with van der Waals surface area (Å²) in [6.45, 7) is -0.359. The molecular formula is C17H17Cl2NO7S. The lowest BCUT2D eigenvalue weighted by Gasteiger charge is -2.15. The molecule has 0 unspecified atom stereocenters. The monoisotopic (exact) mass is 449 g/mol. The van der Waals surface area contributed by atoms with Crippen molar-refractivity contribution in [3.05, 3.63) is 40.4 Å². The molecule has 1 N–H and O–H groups in total. The molecule has 0 heterocycles. The molecule has 28 heavy (non-hydrogen) atoms. The number of sulfonamides is 1. The van der Waals surface area contributed by atoms with Crippen LogP contribution in [0, 0.1) is 0 Å². The van der Waals surface area contributed by atoms with E-state index in [2.05, 4.69) is 9.46 Å². The van der Waals surface area contributed by atoms with E-state index in [4.69, 9.17) is 37.4 Å². The molecule has 0 fully saturated rings. The highest BCUT2D eigenvalue weighted by Crippen LogP contribution is 2.37. The number of carbonyl (C=O) groups is 1. The summed E-state index contributed by atoms with van der Waals surface area (Å²) in [5.41, 5.74) is 0.130. The van der Waals surface area contributed by atoms with E-state index in [1.165, 1.54) is 51.7 Å². The number of esters is 1. The third kappa shape index (κ3) is 5.12. The second-order valence-electron chi connectivity index (χ2n) is 5.25. The second kappa shape index (κ2) is 9.22. The molecule has 0 spiro atoms. The first-order valence-corrected chi connectivity index (χ1v) is 9.89. The van der Waals surface area contributed by atoms with Gasteiger partial charge >= 0.3 is 5.97 Å². The van der Waals surface area contributed by atoms with Crippen LogP contribution in [0.4, 0.5) is 5.69 Å². The summed E-state index contributed by atoms with van der Waals surface area (Å²) in [7, 11) is -0.0255. The van der Waals surface area contributed by atoms with Crippen molar-refractivity contribution in [1.82, 2.24) is 0 Å². The average Bonchev–Trinajstić information content (AvgIpc) is 2.67. The van der Waals surface area contributed by atoms with Crippen molar-refractivity contribution >= 4 is 44.9 Å². The van der Waals surface area contributed by atoms with Crippen molar-refractivity contribution in [2.45, 2.75) is 4.90 Å². The Morgan fingerprint density at radius 2 is 1.61 bits per heavy atom. The zero-order chi connectivity index (χ0) is 20.9. The van der Waals surface area contributed by atoms with Gasteiger partial charge in [0.15, 0.2) is 6.61 Å². The predicted octanol–water partition coefficient (Wildman–Crippen LogP) is 3.36. The van der Waals surface area contributed by atoms with Gasteiger partial charge in [0, 0.05) is 12.1 Å². The molecule has 0 saturated carbocycles. The molecule has 2 rings (SSSR count). The molecule has 0 radical (unpaired) electrons. The van der Waals surface area contributed by atoms with Crippen LogP contribution in [0.5, 0.6) is 17.2 Å². The van der Waals surface area contributed by atoms with E-state index in [1.807, 2.05) is 0 Å². The van der Waals surface area contributed by atoms with Gasteiger partial charge in [-0.3, -0.25) is 4.72 Å². The Morgan fingerprint density at radius 3 is 2.18 bits per heavy atom. The van der Waals surface area contributed by atoms with E-state index in [9.17, 15) is 13.2 Å². The Bertz CT molecular complexity index is 980. The van der Waals surface area contributed by atoms with Crippen LogP contribution < -0.4 is 18.9 Å². The fourth-order valence-corrected chi connectivity index (χ4v) is 3.72. The zero-order valence-corrected chi connectivity index (χ0v) is 17.4. The maximum atomic E-state index is 12.7. The third-order valence-electron chi connectivity index (χ3n) is 3.51. The quantitative estimate of drug-likeness (QED) is 0.616. The molecule has 0 amide bonds. The lowest BCUT2D eigenvalue weighted by molar-refractivity contribution is -0.142. The van der Waals surface area contributed by atoms with Gasteiger partial charge in [-0.15, -0.1) is 0 Å². The number of benzene rings is 2. The van der Waals surface area contributed by atoms with Gasteiger partial charge in [-0.2, -0.15) is 0 Å². The number of nitrogens with one attached hydrogen (secondary N) is 1. The maximum absolute atomic E-state index is 12.7. The summed E-state index contributed by atoms with van der Waals surface area (Å²) < 4.78 is 47.7. The number of hydrogen-bond donors (Lipinski definition) is 1. The summed E-state index contributed by atoms with van der Waals surface area (Å²) in [4.78, 5) is 11.0. The van der Waals surface area contributed by atoms with Gasteiger partial charge in [0.2, 0.25) is 0 Å². The van der Waals surface area contributed by atoms with Crippen LogP contribution >= 0.6 is 23.2 Å². The standard InChI is InChI=1S/C17H17Cl2NO7S/c1-24-15-8-13(16(25-2)7-12(15)19)20-28(22,23)10-4-5-14(11(18)6-10)27-9-17(21)26-3/h4-8,20H,9H2,1-3H3. The molecule has 0 atom stereocenters. The zero-order valence-electron chi connectivity index (χ0n) is 15.1. The van der Waals surface area contributed by atoms with Crippen molar-refractivity contribution in [2.75, 3.05) is 32.7 Å². The molecule has 0 saturated heterocycles. The van der Waals surface area contributed by atoms with Gasteiger partial charge in [0.05, 0.1) is 42.0 Å². The highest BCUT2D eigenvalue weighted by Gasteiger charge is 2.20. The molecule has 0 aliphatic rings. The van der Waals surface area contributed by atoms with E-state index in [-0.39, 0.29) is 44.5 Å². The Balaban J connectivity index is 2.30. The minimum absolute atomic E-state index is 0.00688. The summed E-state index contributed by atoms with van der Waals surface area (Å²) in [6, 6.07) is 6.62. The molecule has 2 aromatic carbocycles. The number of halogens is 2. The van der Waals surface area contributed by atoms with Crippen molar-refractivity contribution in [1.29, 1.82) is 0 Å². The lowest BCUT2D eigenvalue weighted by Crippen LogP contribution is -2.15. The molecule has 2 aromatic rings. The normalized spacial score (nSPS) is 10.9. The predicted molar refractivity (Wildman–Crippen MR) is 104 cm³/mol. The molecule has 8 nitrogen and oxygen atoms in total. The van der Waals surface area contributed by atoms with E-state index in [0.29, 0.717) is 0 Å². The third-order valence-corrected chi connectivity index (χ3v) is 5.46. The molecule has 11 heteroatoms. The summed E-state index contributed by atoms with van der Waals surface area (Å²) in [6.07, 6.45) is 0. The van der Waals surface area contributed by atoms with Gasteiger partial charge < -0.3 is 18.9 Å². The first-order chi connectivity index (χ1) is 13.2. The number of carbonyl (C=O) groups excluding carboxylic acids is 1. The summed E-state index contributed by atoms with van der Waals surface area (Å²) >= 11 is 12.1. The van der Waals surface area contributed by atoms with Crippen LogP contribution in [0.1, 0.15) is 0 Å². The second-order valence-corrected chi connectivity index (χ2v) is 7.75. The minimum Gasteiger partial charge on any atom is -0.495 e. The van der Waals surface area contributed by atoms with Crippen LogP contribution in [-0.4, -0.2) is 42.3 Å². The van der Waals surface area contributed by atoms with Crippen molar-refractivity contribution in [3.63, 3.8) is 0 Å². The maximum Gasteiger partial charge on any atom is 0.343 e. The molecule has 0 aliphatic heterocycles. The number of rotatable bonds is 8. The van der Waals surface area contributed by atoms with Crippen molar-refractivity contribution in [3.8, 4) is 17.2 Å². The molecule has 152 valence electrons. The Hall–Kier alpha value is -2.36. The van der Waals surface area contributed by atoms with E-state index in [1.54, 1.807) is 0 Å². The van der Waals surface area contributed by atoms with Crippen LogP contribution in [0.3, 0.4) is 0 Å². The summed E-state index contributed by atoms with van der Waals surface area (Å²) in [5.74, 6) is 0.0123. The van der Waals surface area contributed by atoms with Crippen LogP contribution in [0.2, 0.25) is 10.0 Å². The highest BCUT2D eigenvalue weighted by molar-refractivity contribution is 7.92. The van der Waals surface area contributed by atoms with Crippen LogP contribution in [0.25, 0.3) is 0 Å². The Morgan fingerprint density at radius 1 is 0.964 bits per heavy atom. The highest BCUT2D eigenvalue weighted by atomic mass is 35.5. The fraction of sp³-hybridized carbons (Fsp3) is 0.235. The van der Waals surface area contributed by atoms with Crippen molar-refractivity contribution in [2.24, 2.45) is 0 Å². The van der Waals surface area contributed by atoms with Crippen LogP contribution in [0.15, 0.2) is 35.2 Å². The fourth-order valence-electron chi connectivity index (χ4n) is 2.11. The topological polar surface area (TPSA) is 100 Å². The number of ether oxygens (including phenoxy) is 4. The van der Waals surface area contributed by atoms with Crippen molar-refractivity contribution < 1.29 is 32.2 Å². The Labute approximate surface area is 172 Å².